The van der Waals surface area contributed by atoms with Gasteiger partial charge in [0.1, 0.15) is 0 Å². The van der Waals surface area contributed by atoms with Crippen molar-refractivity contribution in [2.24, 2.45) is 5.92 Å². The van der Waals surface area contributed by atoms with Crippen molar-refractivity contribution in [1.29, 1.82) is 0 Å². The Bertz CT molecular complexity index is 217. The molecule has 0 aromatic carbocycles. The fourth-order valence-corrected chi connectivity index (χ4v) is 2.96. The molecule has 2 fully saturated rings. The highest BCUT2D eigenvalue weighted by atomic mass is 15.3. The molecule has 2 heteroatoms. The van der Waals surface area contributed by atoms with Crippen molar-refractivity contribution in [2.45, 2.75) is 58.0 Å². The van der Waals surface area contributed by atoms with Gasteiger partial charge in [-0.3, -0.25) is 4.90 Å². The molecule has 0 aromatic rings. The van der Waals surface area contributed by atoms with Crippen molar-refractivity contribution in [2.75, 3.05) is 19.6 Å². The van der Waals surface area contributed by atoms with Crippen LogP contribution in [0.2, 0.25) is 0 Å². The molecule has 2 nitrogen and oxygen atoms in total. The molecule has 0 spiro atoms. The van der Waals surface area contributed by atoms with E-state index in [1.807, 2.05) is 0 Å². The molecule has 0 amide bonds. The largest absolute Gasteiger partial charge is 0.309 e. The van der Waals surface area contributed by atoms with Crippen LogP contribution in [-0.4, -0.2) is 36.1 Å². The summed E-state index contributed by atoms with van der Waals surface area (Å²) in [6.07, 6.45) is 5.51. The molecule has 1 aliphatic carbocycles. The van der Waals surface area contributed by atoms with Gasteiger partial charge in [0, 0.05) is 31.2 Å². The van der Waals surface area contributed by atoms with E-state index in [0.717, 1.165) is 12.0 Å². The molecule has 15 heavy (non-hydrogen) atoms. The second kappa shape index (κ2) is 4.42. The minimum Gasteiger partial charge on any atom is -0.309 e. The molecule has 2 aliphatic rings. The third kappa shape index (κ3) is 2.54. The molecule has 88 valence electrons. The quantitative estimate of drug-likeness (QED) is 0.765. The Kier molecular flexibility index (Phi) is 3.36. The first-order valence-electron chi connectivity index (χ1n) is 6.67. The molecule has 1 aliphatic heterocycles. The first-order chi connectivity index (χ1) is 7.18. The standard InChI is InChI=1S/C13H26N2/c1-4-6-11-9-12(11)15-8-7-14-13(3,5-2)10-15/h11-12,14H,4-10H2,1-3H3. The minimum absolute atomic E-state index is 0.373. The van der Waals surface area contributed by atoms with Crippen LogP contribution in [0.4, 0.5) is 0 Å². The van der Waals surface area contributed by atoms with Crippen molar-refractivity contribution in [3.05, 3.63) is 0 Å². The van der Waals surface area contributed by atoms with E-state index >= 15 is 0 Å². The van der Waals surface area contributed by atoms with Crippen molar-refractivity contribution < 1.29 is 0 Å². The van der Waals surface area contributed by atoms with Gasteiger partial charge in [0.2, 0.25) is 0 Å². The van der Waals surface area contributed by atoms with E-state index in [9.17, 15) is 0 Å². The SMILES string of the molecule is CCCC1CC1N1CCNC(C)(CC)C1. The highest BCUT2D eigenvalue weighted by Crippen LogP contribution is 2.40. The van der Waals surface area contributed by atoms with Crippen LogP contribution < -0.4 is 5.32 Å². The Morgan fingerprint density at radius 2 is 2.20 bits per heavy atom. The van der Waals surface area contributed by atoms with Gasteiger partial charge in [-0.25, -0.2) is 0 Å². The molecule has 1 saturated heterocycles. The van der Waals surface area contributed by atoms with Crippen LogP contribution in [0.15, 0.2) is 0 Å². The van der Waals surface area contributed by atoms with Crippen LogP contribution >= 0.6 is 0 Å². The number of hydrogen-bond acceptors (Lipinski definition) is 2. The Hall–Kier alpha value is -0.0800. The van der Waals surface area contributed by atoms with Gasteiger partial charge in [0.05, 0.1) is 0 Å². The maximum absolute atomic E-state index is 3.66. The van der Waals surface area contributed by atoms with Crippen molar-refractivity contribution >= 4 is 0 Å². The molecule has 1 heterocycles. The Labute approximate surface area is 94.4 Å². The van der Waals surface area contributed by atoms with E-state index in [2.05, 4.69) is 31.0 Å². The first-order valence-corrected chi connectivity index (χ1v) is 6.67. The Morgan fingerprint density at radius 1 is 1.40 bits per heavy atom. The second-order valence-electron chi connectivity index (χ2n) is 5.66. The molecule has 2 rings (SSSR count). The predicted octanol–water partition coefficient (Wildman–Crippen LogP) is 2.25. The highest BCUT2D eigenvalue weighted by Gasteiger charge is 2.43. The molecule has 0 aromatic heterocycles. The summed E-state index contributed by atoms with van der Waals surface area (Å²) in [4.78, 5) is 2.74. The van der Waals surface area contributed by atoms with Crippen LogP contribution in [0.5, 0.6) is 0 Å². The zero-order valence-electron chi connectivity index (χ0n) is 10.6. The van der Waals surface area contributed by atoms with E-state index < -0.39 is 0 Å². The van der Waals surface area contributed by atoms with Crippen molar-refractivity contribution in [3.8, 4) is 0 Å². The monoisotopic (exact) mass is 210 g/mol. The lowest BCUT2D eigenvalue weighted by Gasteiger charge is -2.41. The van der Waals surface area contributed by atoms with Gasteiger partial charge in [-0.15, -0.1) is 0 Å². The summed E-state index contributed by atoms with van der Waals surface area (Å²) in [5.41, 5.74) is 0.373. The highest BCUT2D eigenvalue weighted by molar-refractivity contribution is 5.00. The maximum atomic E-state index is 3.66. The average Bonchev–Trinajstić information content (AvgIpc) is 2.98. The number of nitrogens with zero attached hydrogens (tertiary/aromatic N) is 1. The third-order valence-electron chi connectivity index (χ3n) is 4.30. The molecule has 1 N–H and O–H groups in total. The Morgan fingerprint density at radius 3 is 2.87 bits per heavy atom. The van der Waals surface area contributed by atoms with Crippen molar-refractivity contribution in [1.82, 2.24) is 10.2 Å². The van der Waals surface area contributed by atoms with Gasteiger partial charge in [0.25, 0.3) is 0 Å². The van der Waals surface area contributed by atoms with Crippen LogP contribution in [0.1, 0.15) is 46.5 Å². The van der Waals surface area contributed by atoms with Gasteiger partial charge in [-0.2, -0.15) is 0 Å². The van der Waals surface area contributed by atoms with E-state index in [1.54, 1.807) is 0 Å². The topological polar surface area (TPSA) is 15.3 Å². The summed E-state index contributed by atoms with van der Waals surface area (Å²) in [5, 5.41) is 3.66. The molecule has 0 bridgehead atoms. The van der Waals surface area contributed by atoms with Gasteiger partial charge >= 0.3 is 0 Å². The molecule has 1 saturated carbocycles. The number of piperazine rings is 1. The smallest absolute Gasteiger partial charge is 0.0278 e. The lowest BCUT2D eigenvalue weighted by atomic mass is 9.95. The lowest BCUT2D eigenvalue weighted by molar-refractivity contribution is 0.127. The zero-order valence-corrected chi connectivity index (χ0v) is 10.6. The van der Waals surface area contributed by atoms with Gasteiger partial charge in [0.15, 0.2) is 0 Å². The fourth-order valence-electron chi connectivity index (χ4n) is 2.96. The summed E-state index contributed by atoms with van der Waals surface area (Å²) in [6, 6.07) is 0.929. The van der Waals surface area contributed by atoms with Gasteiger partial charge in [-0.05, 0) is 32.1 Å². The summed E-state index contributed by atoms with van der Waals surface area (Å²) >= 11 is 0. The van der Waals surface area contributed by atoms with Crippen LogP contribution in [0.3, 0.4) is 0 Å². The molecular formula is C13H26N2. The lowest BCUT2D eigenvalue weighted by Crippen LogP contribution is -2.59. The van der Waals surface area contributed by atoms with Gasteiger partial charge < -0.3 is 5.32 Å². The number of rotatable bonds is 4. The van der Waals surface area contributed by atoms with E-state index in [4.69, 9.17) is 0 Å². The Balaban J connectivity index is 1.84. The molecule has 3 unspecified atom stereocenters. The normalized spacial score (nSPS) is 41.8. The fraction of sp³-hybridized carbons (Fsp3) is 1.00. The predicted molar refractivity (Wildman–Crippen MR) is 65.1 cm³/mol. The average molecular weight is 210 g/mol. The summed E-state index contributed by atoms with van der Waals surface area (Å²) in [6.45, 7) is 10.7. The van der Waals surface area contributed by atoms with E-state index in [-0.39, 0.29) is 0 Å². The van der Waals surface area contributed by atoms with Crippen LogP contribution in [-0.2, 0) is 0 Å². The van der Waals surface area contributed by atoms with Crippen LogP contribution in [0.25, 0.3) is 0 Å². The molecule has 0 radical (unpaired) electrons. The number of hydrogen-bond donors (Lipinski definition) is 1. The second-order valence-corrected chi connectivity index (χ2v) is 5.66. The van der Waals surface area contributed by atoms with Crippen molar-refractivity contribution in [3.63, 3.8) is 0 Å². The minimum atomic E-state index is 0.373. The number of nitrogens with one attached hydrogen (secondary N) is 1. The first kappa shape index (κ1) is 11.4. The summed E-state index contributed by atoms with van der Waals surface area (Å²) in [7, 11) is 0. The molecular weight excluding hydrogens is 184 g/mol. The van der Waals surface area contributed by atoms with E-state index in [0.29, 0.717) is 5.54 Å². The summed E-state index contributed by atoms with van der Waals surface area (Å²) < 4.78 is 0. The third-order valence-corrected chi connectivity index (χ3v) is 4.30. The molecule has 3 atom stereocenters. The zero-order chi connectivity index (χ0) is 10.9. The maximum Gasteiger partial charge on any atom is 0.0278 e. The van der Waals surface area contributed by atoms with E-state index in [1.165, 1.54) is 45.3 Å². The van der Waals surface area contributed by atoms with Crippen LogP contribution in [0, 0.1) is 5.92 Å². The van der Waals surface area contributed by atoms with Gasteiger partial charge in [-0.1, -0.05) is 20.3 Å². The summed E-state index contributed by atoms with van der Waals surface area (Å²) in [5.74, 6) is 1.02.